The summed E-state index contributed by atoms with van der Waals surface area (Å²) in [5, 5.41) is 9.14. The van der Waals surface area contributed by atoms with Crippen molar-refractivity contribution in [3.8, 4) is 0 Å². The number of rotatable bonds is 8. The first-order valence-corrected chi connectivity index (χ1v) is 13.2. The van der Waals surface area contributed by atoms with Crippen LogP contribution in [0.15, 0.2) is 62.4 Å². The number of hydrogen-bond acceptors (Lipinski definition) is 5. The monoisotopic (exact) mass is 632 g/mol. The summed E-state index contributed by atoms with van der Waals surface area (Å²) in [6, 6.07) is 11.6. The number of hydrogen-bond donors (Lipinski definition) is 0. The molecule has 1 atom stereocenters. The van der Waals surface area contributed by atoms with Crippen LogP contribution in [-0.4, -0.2) is 62.5 Å². The van der Waals surface area contributed by atoms with Gasteiger partial charge in [-0.05, 0) is 44.3 Å². The molecule has 0 aliphatic rings. The molecular formula is C26H27Br2FN6O2. The molecule has 0 spiro atoms. The molecule has 8 nitrogen and oxygen atoms in total. The first-order chi connectivity index (χ1) is 17.5. The van der Waals surface area contributed by atoms with Crippen LogP contribution in [0.5, 0.6) is 0 Å². The Morgan fingerprint density at radius 1 is 1.08 bits per heavy atom. The van der Waals surface area contributed by atoms with Gasteiger partial charge in [-0.1, -0.05) is 43.1 Å². The van der Waals surface area contributed by atoms with Crippen LogP contribution in [-0.2, 0) is 13.6 Å². The highest BCUT2D eigenvalue weighted by atomic mass is 79.9. The molecule has 194 valence electrons. The molecule has 4 rings (SSSR count). The molecule has 0 saturated carbocycles. The van der Waals surface area contributed by atoms with E-state index in [-0.39, 0.29) is 23.3 Å². The maximum Gasteiger partial charge on any atom is 0.254 e. The fraction of sp³-hybridized carbons (Fsp3) is 0.308. The molecule has 0 radical (unpaired) electrons. The van der Waals surface area contributed by atoms with Crippen molar-refractivity contribution >= 4 is 48.7 Å². The second-order valence-electron chi connectivity index (χ2n) is 9.11. The molecule has 0 aliphatic heterocycles. The number of amides is 1. The van der Waals surface area contributed by atoms with Gasteiger partial charge in [-0.3, -0.25) is 14.5 Å². The number of pyridine rings is 1. The van der Waals surface area contributed by atoms with Crippen LogP contribution < -0.4 is 5.56 Å². The third-order valence-corrected chi connectivity index (χ3v) is 7.39. The van der Waals surface area contributed by atoms with Gasteiger partial charge in [0.1, 0.15) is 5.82 Å². The molecule has 11 heteroatoms. The maximum atomic E-state index is 14.4. The smallest absolute Gasteiger partial charge is 0.254 e. The van der Waals surface area contributed by atoms with Gasteiger partial charge in [0.2, 0.25) is 0 Å². The number of benzene rings is 2. The topological polar surface area (TPSA) is 76.3 Å². The van der Waals surface area contributed by atoms with Crippen molar-refractivity contribution < 1.29 is 9.18 Å². The summed E-state index contributed by atoms with van der Waals surface area (Å²) in [5.74, 6) is -0.523. The zero-order valence-electron chi connectivity index (χ0n) is 21.0. The Kier molecular flexibility index (Phi) is 8.25. The Morgan fingerprint density at radius 2 is 1.78 bits per heavy atom. The first-order valence-electron chi connectivity index (χ1n) is 11.6. The molecule has 0 fully saturated rings. The Balaban J connectivity index is 1.40. The molecule has 0 aliphatic carbocycles. The minimum absolute atomic E-state index is 0.217. The fourth-order valence-corrected chi connectivity index (χ4v) is 4.85. The van der Waals surface area contributed by atoms with Gasteiger partial charge in [0.25, 0.3) is 11.5 Å². The summed E-state index contributed by atoms with van der Waals surface area (Å²) < 4.78 is 19.1. The summed E-state index contributed by atoms with van der Waals surface area (Å²) in [6.07, 6.45) is 1.81. The van der Waals surface area contributed by atoms with Crippen LogP contribution >= 0.6 is 31.9 Å². The molecule has 2 aromatic carbocycles. The number of carbonyl (C=O) groups is 1. The van der Waals surface area contributed by atoms with Crippen LogP contribution in [0.4, 0.5) is 4.39 Å². The molecule has 2 aromatic heterocycles. The number of likely N-dealkylation sites (N-methyl/N-ethyl adjacent to an activating group) is 2. The fourth-order valence-electron chi connectivity index (χ4n) is 4.15. The van der Waals surface area contributed by atoms with Crippen LogP contribution in [0.2, 0.25) is 0 Å². The standard InChI is InChI=1S/C26H27Br2FN6O2/c1-16(20-7-5-18(28)12-23(20)29)35-15-19(30-31-35)14-32(2)9-10-33(3)26(37)22-13-25(36)34(4)24-8-6-17(27)11-21(22)24/h5-8,11-13,15-16H,9-10,14H2,1-4H3/t16-/m1/s1. The third-order valence-electron chi connectivity index (χ3n) is 6.40. The van der Waals surface area contributed by atoms with E-state index in [2.05, 4.69) is 42.2 Å². The van der Waals surface area contributed by atoms with E-state index in [9.17, 15) is 14.0 Å². The SMILES string of the molecule is C[C@H](c1ccc(Br)cc1F)n1cc(CN(C)CCN(C)C(=O)c2cc(=O)n(C)c3ccc(Br)cc23)nn1. The second kappa shape index (κ2) is 11.2. The van der Waals surface area contributed by atoms with E-state index < -0.39 is 0 Å². The average molecular weight is 634 g/mol. The van der Waals surface area contributed by atoms with Crippen molar-refractivity contribution in [2.75, 3.05) is 27.2 Å². The number of halogens is 3. The van der Waals surface area contributed by atoms with E-state index >= 15 is 0 Å². The molecule has 0 bridgehead atoms. The molecule has 0 N–H and O–H groups in total. The molecule has 2 heterocycles. The van der Waals surface area contributed by atoms with Crippen LogP contribution in [0.25, 0.3) is 10.9 Å². The lowest BCUT2D eigenvalue weighted by atomic mass is 10.1. The lowest BCUT2D eigenvalue weighted by Gasteiger charge is -2.22. The number of fused-ring (bicyclic) bond motifs is 1. The molecule has 37 heavy (non-hydrogen) atoms. The van der Waals surface area contributed by atoms with Crippen molar-refractivity contribution in [3.05, 3.63) is 90.6 Å². The molecule has 0 saturated heterocycles. The van der Waals surface area contributed by atoms with Crippen molar-refractivity contribution in [3.63, 3.8) is 0 Å². The largest absolute Gasteiger partial charge is 0.340 e. The number of aryl methyl sites for hydroxylation is 1. The highest BCUT2D eigenvalue weighted by molar-refractivity contribution is 9.10. The number of carbonyl (C=O) groups excluding carboxylic acids is 1. The first kappa shape index (κ1) is 27.2. The van der Waals surface area contributed by atoms with E-state index in [0.717, 1.165) is 15.6 Å². The Labute approximate surface area is 230 Å². The summed E-state index contributed by atoms with van der Waals surface area (Å²) >= 11 is 6.73. The van der Waals surface area contributed by atoms with E-state index in [1.54, 1.807) is 42.0 Å². The summed E-state index contributed by atoms with van der Waals surface area (Å²) in [4.78, 5) is 29.3. The zero-order chi connectivity index (χ0) is 26.9. The third kappa shape index (κ3) is 6.00. The predicted molar refractivity (Wildman–Crippen MR) is 148 cm³/mol. The molecule has 1 amide bonds. The van der Waals surface area contributed by atoms with Gasteiger partial charge in [-0.15, -0.1) is 5.10 Å². The zero-order valence-corrected chi connectivity index (χ0v) is 24.1. The Hall–Kier alpha value is -2.89. The normalized spacial score (nSPS) is 12.3. The Bertz CT molecular complexity index is 1520. The minimum Gasteiger partial charge on any atom is -0.340 e. The highest BCUT2D eigenvalue weighted by Gasteiger charge is 2.19. The van der Waals surface area contributed by atoms with Crippen molar-refractivity contribution in [2.24, 2.45) is 7.05 Å². The highest BCUT2D eigenvalue weighted by Crippen LogP contribution is 2.24. The molecule has 0 unspecified atom stereocenters. The van der Waals surface area contributed by atoms with Gasteiger partial charge >= 0.3 is 0 Å². The van der Waals surface area contributed by atoms with Gasteiger partial charge in [0.15, 0.2) is 0 Å². The maximum absolute atomic E-state index is 14.4. The number of nitrogens with zero attached hydrogens (tertiary/aromatic N) is 6. The van der Waals surface area contributed by atoms with E-state index in [1.807, 2.05) is 37.1 Å². The van der Waals surface area contributed by atoms with Crippen LogP contribution in [0, 0.1) is 5.82 Å². The molecular weight excluding hydrogens is 607 g/mol. The average Bonchev–Trinajstić information content (AvgIpc) is 3.32. The summed E-state index contributed by atoms with van der Waals surface area (Å²) in [7, 11) is 5.35. The van der Waals surface area contributed by atoms with Crippen LogP contribution in [0.3, 0.4) is 0 Å². The van der Waals surface area contributed by atoms with Gasteiger partial charge < -0.3 is 9.47 Å². The van der Waals surface area contributed by atoms with Gasteiger partial charge in [-0.25, -0.2) is 9.07 Å². The lowest BCUT2D eigenvalue weighted by Crippen LogP contribution is -2.35. The molecule has 4 aromatic rings. The van der Waals surface area contributed by atoms with Crippen molar-refractivity contribution in [1.29, 1.82) is 0 Å². The van der Waals surface area contributed by atoms with Gasteiger partial charge in [-0.2, -0.15) is 0 Å². The van der Waals surface area contributed by atoms with E-state index in [1.165, 1.54) is 16.7 Å². The van der Waals surface area contributed by atoms with Crippen LogP contribution in [0.1, 0.15) is 34.6 Å². The van der Waals surface area contributed by atoms with Crippen molar-refractivity contribution in [1.82, 2.24) is 29.4 Å². The van der Waals surface area contributed by atoms with E-state index in [0.29, 0.717) is 40.8 Å². The predicted octanol–water partition coefficient (Wildman–Crippen LogP) is 4.61. The summed E-state index contributed by atoms with van der Waals surface area (Å²) in [6.45, 7) is 3.42. The Morgan fingerprint density at radius 3 is 2.51 bits per heavy atom. The van der Waals surface area contributed by atoms with E-state index in [4.69, 9.17) is 0 Å². The van der Waals surface area contributed by atoms with Crippen molar-refractivity contribution in [2.45, 2.75) is 19.5 Å². The van der Waals surface area contributed by atoms with Gasteiger partial charge in [0, 0.05) is 59.7 Å². The summed E-state index contributed by atoms with van der Waals surface area (Å²) in [5.41, 5.74) is 2.11. The number of aromatic nitrogens is 4. The second-order valence-corrected chi connectivity index (χ2v) is 10.9. The minimum atomic E-state index is -0.308. The quantitative estimate of drug-likeness (QED) is 0.283. The van der Waals surface area contributed by atoms with Gasteiger partial charge in [0.05, 0.1) is 29.0 Å². The lowest BCUT2D eigenvalue weighted by molar-refractivity contribution is 0.0783.